The summed E-state index contributed by atoms with van der Waals surface area (Å²) in [4.78, 5) is 40.3. The molecule has 0 saturated carbocycles. The summed E-state index contributed by atoms with van der Waals surface area (Å²) in [5, 5.41) is 5.21. The molecule has 1 aromatic rings. The minimum atomic E-state index is -0.662. The van der Waals surface area contributed by atoms with E-state index in [1.54, 1.807) is 4.90 Å². The molecule has 9 heteroatoms. The summed E-state index contributed by atoms with van der Waals surface area (Å²) in [6.45, 7) is 6.08. The number of hydrogen-bond donors (Lipinski definition) is 2. The van der Waals surface area contributed by atoms with Crippen LogP contribution in [-0.4, -0.2) is 93.2 Å². The molecule has 0 aliphatic carbocycles. The van der Waals surface area contributed by atoms with Gasteiger partial charge in [-0.3, -0.25) is 19.3 Å². The van der Waals surface area contributed by atoms with Crippen LogP contribution < -0.4 is 10.6 Å². The Bertz CT molecular complexity index is 724. The zero-order valence-electron chi connectivity index (χ0n) is 17.9. The number of carbonyl (C=O) groups is 3. The molecule has 0 bridgehead atoms. The van der Waals surface area contributed by atoms with Gasteiger partial charge in [-0.15, -0.1) is 0 Å². The van der Waals surface area contributed by atoms with E-state index in [2.05, 4.69) is 15.5 Å². The van der Waals surface area contributed by atoms with Gasteiger partial charge in [0.05, 0.1) is 26.4 Å². The smallest absolute Gasteiger partial charge is 0.309 e. The molecule has 2 N–H and O–H groups in total. The van der Waals surface area contributed by atoms with Crippen LogP contribution >= 0.6 is 0 Å². The van der Waals surface area contributed by atoms with Crippen molar-refractivity contribution >= 4 is 17.7 Å². The Morgan fingerprint density at radius 3 is 2.39 bits per heavy atom. The number of rotatable bonds is 8. The lowest BCUT2D eigenvalue weighted by Gasteiger charge is -2.33. The van der Waals surface area contributed by atoms with Gasteiger partial charge < -0.3 is 25.0 Å². The summed E-state index contributed by atoms with van der Waals surface area (Å²) < 4.78 is 11.1. The van der Waals surface area contributed by atoms with Gasteiger partial charge in [-0.1, -0.05) is 30.3 Å². The number of hydrogen-bond acceptors (Lipinski definition) is 6. The Morgan fingerprint density at radius 2 is 1.65 bits per heavy atom. The molecule has 1 aromatic carbocycles. The highest BCUT2D eigenvalue weighted by molar-refractivity contribution is 6.35. The van der Waals surface area contributed by atoms with Crippen molar-refractivity contribution in [3.05, 3.63) is 35.9 Å². The average molecular weight is 433 g/mol. The summed E-state index contributed by atoms with van der Waals surface area (Å²) in [6, 6.07) is 9.87. The van der Waals surface area contributed by atoms with Gasteiger partial charge >= 0.3 is 11.8 Å². The van der Waals surface area contributed by atoms with Gasteiger partial charge in [-0.25, -0.2) is 0 Å². The number of benzene rings is 1. The highest BCUT2D eigenvalue weighted by Crippen LogP contribution is 2.22. The molecular weight excluding hydrogens is 400 g/mol. The number of morpholine rings is 2. The zero-order chi connectivity index (χ0) is 21.9. The standard InChI is InChI=1S/C22H32N4O5/c27-20(26-13-16-31-19(17-26)18-5-2-1-3-6-18)7-4-8-23-21(28)22(29)24-9-10-25-11-14-30-15-12-25/h1-3,5-6,19H,4,7-17H2,(H,23,28)(H,24,29). The summed E-state index contributed by atoms with van der Waals surface area (Å²) in [5.41, 5.74) is 1.06. The third-order valence-corrected chi connectivity index (χ3v) is 5.47. The van der Waals surface area contributed by atoms with Gasteiger partial charge in [0.2, 0.25) is 5.91 Å². The van der Waals surface area contributed by atoms with Gasteiger partial charge in [0.15, 0.2) is 0 Å². The van der Waals surface area contributed by atoms with Gasteiger partial charge in [-0.2, -0.15) is 0 Å². The minimum absolute atomic E-state index is 0.0356. The Hall–Kier alpha value is -2.49. The number of ether oxygens (including phenoxy) is 2. The van der Waals surface area contributed by atoms with Crippen molar-refractivity contribution in [3.8, 4) is 0 Å². The van der Waals surface area contributed by atoms with Crippen LogP contribution in [0, 0.1) is 0 Å². The van der Waals surface area contributed by atoms with Crippen molar-refractivity contribution in [2.24, 2.45) is 0 Å². The fraction of sp³-hybridized carbons (Fsp3) is 0.591. The van der Waals surface area contributed by atoms with E-state index in [0.29, 0.717) is 58.8 Å². The SMILES string of the molecule is O=C(NCCCC(=O)N1CCOC(c2ccccc2)C1)C(=O)NCCN1CCOCC1. The van der Waals surface area contributed by atoms with Crippen LogP contribution in [0.5, 0.6) is 0 Å². The van der Waals surface area contributed by atoms with Gasteiger partial charge in [0.1, 0.15) is 6.10 Å². The third kappa shape index (κ3) is 7.61. The fourth-order valence-electron chi connectivity index (χ4n) is 3.66. The Labute approximate surface area is 183 Å². The first-order valence-corrected chi connectivity index (χ1v) is 10.9. The van der Waals surface area contributed by atoms with Crippen LogP contribution in [0.2, 0.25) is 0 Å². The van der Waals surface area contributed by atoms with E-state index in [1.807, 2.05) is 30.3 Å². The van der Waals surface area contributed by atoms with Crippen molar-refractivity contribution in [2.75, 3.05) is 65.6 Å². The molecule has 31 heavy (non-hydrogen) atoms. The van der Waals surface area contributed by atoms with E-state index in [9.17, 15) is 14.4 Å². The molecule has 2 aliphatic rings. The van der Waals surface area contributed by atoms with E-state index in [-0.39, 0.29) is 18.6 Å². The van der Waals surface area contributed by atoms with E-state index >= 15 is 0 Å². The molecular formula is C22H32N4O5. The van der Waals surface area contributed by atoms with Gasteiger partial charge in [0, 0.05) is 45.7 Å². The Kier molecular flexibility index (Phi) is 9.26. The molecule has 0 aromatic heterocycles. The molecule has 170 valence electrons. The predicted molar refractivity (Wildman–Crippen MR) is 114 cm³/mol. The lowest BCUT2D eigenvalue weighted by atomic mass is 10.1. The van der Waals surface area contributed by atoms with Crippen LogP contribution in [0.3, 0.4) is 0 Å². The maximum Gasteiger partial charge on any atom is 0.309 e. The molecule has 1 unspecified atom stereocenters. The molecule has 3 amide bonds. The fourth-order valence-corrected chi connectivity index (χ4v) is 3.66. The first kappa shape index (κ1) is 23.2. The molecule has 0 spiro atoms. The molecule has 2 fully saturated rings. The maximum atomic E-state index is 12.5. The second-order valence-corrected chi connectivity index (χ2v) is 7.68. The summed E-state index contributed by atoms with van der Waals surface area (Å²) in [6.07, 6.45) is 0.694. The van der Waals surface area contributed by atoms with Gasteiger partial charge in [-0.05, 0) is 12.0 Å². The van der Waals surface area contributed by atoms with Crippen molar-refractivity contribution < 1.29 is 23.9 Å². The first-order valence-electron chi connectivity index (χ1n) is 10.9. The predicted octanol–water partition coefficient (Wildman–Crippen LogP) is -0.0687. The van der Waals surface area contributed by atoms with Crippen LogP contribution in [0.15, 0.2) is 30.3 Å². The quantitative estimate of drug-likeness (QED) is 0.441. The van der Waals surface area contributed by atoms with E-state index in [4.69, 9.17) is 9.47 Å². The van der Waals surface area contributed by atoms with Crippen LogP contribution in [0.1, 0.15) is 24.5 Å². The zero-order valence-corrected chi connectivity index (χ0v) is 17.9. The van der Waals surface area contributed by atoms with Crippen molar-refractivity contribution in [1.29, 1.82) is 0 Å². The summed E-state index contributed by atoms with van der Waals surface area (Å²) >= 11 is 0. The van der Waals surface area contributed by atoms with Crippen LogP contribution in [0.4, 0.5) is 0 Å². The minimum Gasteiger partial charge on any atom is -0.379 e. The van der Waals surface area contributed by atoms with Crippen LogP contribution in [-0.2, 0) is 23.9 Å². The van der Waals surface area contributed by atoms with Crippen LogP contribution in [0.25, 0.3) is 0 Å². The van der Waals surface area contributed by atoms with E-state index < -0.39 is 11.8 Å². The van der Waals surface area contributed by atoms with Gasteiger partial charge in [0.25, 0.3) is 0 Å². The highest BCUT2D eigenvalue weighted by atomic mass is 16.5. The number of nitrogens with one attached hydrogen (secondary N) is 2. The molecule has 2 aliphatic heterocycles. The lowest BCUT2D eigenvalue weighted by Crippen LogP contribution is -2.45. The normalized spacial score (nSPS) is 19.6. The average Bonchev–Trinajstić information content (AvgIpc) is 2.82. The van der Waals surface area contributed by atoms with E-state index in [0.717, 1.165) is 18.7 Å². The Morgan fingerprint density at radius 1 is 0.935 bits per heavy atom. The first-order chi connectivity index (χ1) is 15.1. The maximum absolute atomic E-state index is 12.5. The molecule has 9 nitrogen and oxygen atoms in total. The van der Waals surface area contributed by atoms with Crippen molar-refractivity contribution in [2.45, 2.75) is 18.9 Å². The van der Waals surface area contributed by atoms with E-state index in [1.165, 1.54) is 0 Å². The molecule has 2 heterocycles. The third-order valence-electron chi connectivity index (χ3n) is 5.47. The molecule has 1 atom stereocenters. The molecule has 0 radical (unpaired) electrons. The topological polar surface area (TPSA) is 100 Å². The largest absolute Gasteiger partial charge is 0.379 e. The number of carbonyl (C=O) groups excluding carboxylic acids is 3. The number of amides is 3. The summed E-state index contributed by atoms with van der Waals surface area (Å²) in [5.74, 6) is -1.27. The van der Waals surface area contributed by atoms with Crippen molar-refractivity contribution in [1.82, 2.24) is 20.4 Å². The Balaban J connectivity index is 1.28. The molecule has 3 rings (SSSR count). The highest BCUT2D eigenvalue weighted by Gasteiger charge is 2.25. The number of nitrogens with zero attached hydrogens (tertiary/aromatic N) is 2. The second kappa shape index (κ2) is 12.4. The second-order valence-electron chi connectivity index (χ2n) is 7.68. The monoisotopic (exact) mass is 432 g/mol. The molecule has 2 saturated heterocycles. The van der Waals surface area contributed by atoms with Crippen molar-refractivity contribution in [3.63, 3.8) is 0 Å². The lowest BCUT2D eigenvalue weighted by molar-refractivity contribution is -0.140. The summed E-state index contributed by atoms with van der Waals surface area (Å²) in [7, 11) is 0.